The number of nitrogens with one attached hydrogen (secondary N) is 1. The van der Waals surface area contributed by atoms with E-state index in [1.807, 2.05) is 31.4 Å². The monoisotopic (exact) mass is 275 g/mol. The van der Waals surface area contributed by atoms with Crippen LogP contribution in [0.2, 0.25) is 5.02 Å². The number of aromatic nitrogens is 2. The topological polar surface area (TPSA) is 46.9 Å². The molecule has 0 spiro atoms. The van der Waals surface area contributed by atoms with Crippen LogP contribution in [0, 0.1) is 0 Å². The van der Waals surface area contributed by atoms with E-state index in [1.165, 1.54) is 6.08 Å². The summed E-state index contributed by atoms with van der Waals surface area (Å²) in [6, 6.07) is 7.40. The number of nitrogens with zero attached hydrogens (tertiary/aromatic N) is 2. The third kappa shape index (κ3) is 4.26. The highest BCUT2D eigenvalue weighted by molar-refractivity contribution is 6.30. The normalized spacial score (nSPS) is 10.8. The Morgan fingerprint density at radius 1 is 1.53 bits per heavy atom. The van der Waals surface area contributed by atoms with Crippen LogP contribution in [0.1, 0.15) is 11.1 Å². The third-order valence-electron chi connectivity index (χ3n) is 2.51. The zero-order valence-corrected chi connectivity index (χ0v) is 11.3. The molecule has 2 rings (SSSR count). The Hall–Kier alpha value is -2.07. The molecule has 1 heterocycles. The minimum Gasteiger partial charge on any atom is -0.348 e. The third-order valence-corrected chi connectivity index (χ3v) is 2.74. The second kappa shape index (κ2) is 6.20. The van der Waals surface area contributed by atoms with Gasteiger partial charge in [-0.2, -0.15) is 5.10 Å². The van der Waals surface area contributed by atoms with Gasteiger partial charge in [-0.1, -0.05) is 23.7 Å². The number of hydrogen-bond acceptors (Lipinski definition) is 2. The maximum absolute atomic E-state index is 11.6. The predicted molar refractivity (Wildman–Crippen MR) is 75.5 cm³/mol. The number of carbonyl (C=O) groups is 1. The lowest BCUT2D eigenvalue weighted by Gasteiger charge is -2.02. The molecule has 4 nitrogen and oxygen atoms in total. The summed E-state index contributed by atoms with van der Waals surface area (Å²) in [6.07, 6.45) is 6.74. The van der Waals surface area contributed by atoms with Gasteiger partial charge in [-0.05, 0) is 23.8 Å². The van der Waals surface area contributed by atoms with Gasteiger partial charge in [0.2, 0.25) is 5.91 Å². The lowest BCUT2D eigenvalue weighted by Crippen LogP contribution is -2.20. The Labute approximate surface area is 116 Å². The minimum absolute atomic E-state index is 0.149. The van der Waals surface area contributed by atoms with Crippen LogP contribution in [-0.4, -0.2) is 15.7 Å². The molecule has 0 aliphatic rings. The molecule has 1 aromatic carbocycles. The molecular weight excluding hydrogens is 262 g/mol. The summed E-state index contributed by atoms with van der Waals surface area (Å²) in [7, 11) is 1.83. The van der Waals surface area contributed by atoms with Gasteiger partial charge >= 0.3 is 0 Å². The highest BCUT2D eigenvalue weighted by atomic mass is 35.5. The lowest BCUT2D eigenvalue weighted by molar-refractivity contribution is -0.116. The molecule has 5 heteroatoms. The van der Waals surface area contributed by atoms with E-state index >= 15 is 0 Å². The van der Waals surface area contributed by atoms with E-state index in [0.717, 1.165) is 11.1 Å². The van der Waals surface area contributed by atoms with E-state index in [0.29, 0.717) is 11.6 Å². The van der Waals surface area contributed by atoms with E-state index in [-0.39, 0.29) is 5.91 Å². The summed E-state index contributed by atoms with van der Waals surface area (Å²) in [5.74, 6) is -0.149. The number of amides is 1. The summed E-state index contributed by atoms with van der Waals surface area (Å²) < 4.78 is 1.68. The fourth-order valence-electron chi connectivity index (χ4n) is 1.59. The molecule has 2 aromatic rings. The molecule has 1 amide bonds. The van der Waals surface area contributed by atoms with Gasteiger partial charge in [-0.15, -0.1) is 0 Å². The van der Waals surface area contributed by atoms with Gasteiger partial charge < -0.3 is 5.32 Å². The molecule has 1 N–H and O–H groups in total. The Bertz CT molecular complexity index is 604. The Morgan fingerprint density at radius 3 is 3.05 bits per heavy atom. The molecule has 0 radical (unpaired) electrons. The summed E-state index contributed by atoms with van der Waals surface area (Å²) in [4.78, 5) is 11.6. The molecule has 19 heavy (non-hydrogen) atoms. The first-order chi connectivity index (χ1) is 9.13. The van der Waals surface area contributed by atoms with Crippen LogP contribution in [0.25, 0.3) is 6.08 Å². The minimum atomic E-state index is -0.149. The Morgan fingerprint density at radius 2 is 2.37 bits per heavy atom. The SMILES string of the molecule is Cn1cc(/C=C/C(=O)NCc2cccc(Cl)c2)cn1. The zero-order valence-electron chi connectivity index (χ0n) is 10.5. The Balaban J connectivity index is 1.86. The number of aryl methyl sites for hydroxylation is 1. The summed E-state index contributed by atoms with van der Waals surface area (Å²) in [6.45, 7) is 0.455. The molecular formula is C14H14ClN3O. The average Bonchev–Trinajstić information content (AvgIpc) is 2.80. The largest absolute Gasteiger partial charge is 0.348 e. The summed E-state index contributed by atoms with van der Waals surface area (Å²) >= 11 is 5.87. The van der Waals surface area contributed by atoms with Crippen LogP contribution >= 0.6 is 11.6 Å². The number of rotatable bonds is 4. The first-order valence-corrected chi connectivity index (χ1v) is 6.20. The predicted octanol–water partition coefficient (Wildman–Crippen LogP) is 2.40. The van der Waals surface area contributed by atoms with Gasteiger partial charge in [0.15, 0.2) is 0 Å². The second-order valence-electron chi connectivity index (χ2n) is 4.13. The summed E-state index contributed by atoms with van der Waals surface area (Å²) in [5.41, 5.74) is 1.86. The molecule has 0 saturated carbocycles. The molecule has 98 valence electrons. The first-order valence-electron chi connectivity index (χ1n) is 5.82. The van der Waals surface area contributed by atoms with Crippen molar-refractivity contribution in [2.24, 2.45) is 7.05 Å². The first kappa shape index (κ1) is 13.4. The fourth-order valence-corrected chi connectivity index (χ4v) is 1.81. The van der Waals surface area contributed by atoms with Crippen molar-refractivity contribution in [2.75, 3.05) is 0 Å². The van der Waals surface area contributed by atoms with Gasteiger partial charge in [0, 0.05) is 36.5 Å². The van der Waals surface area contributed by atoms with Crippen molar-refractivity contribution in [3.63, 3.8) is 0 Å². The van der Waals surface area contributed by atoms with Crippen LogP contribution < -0.4 is 5.32 Å². The van der Waals surface area contributed by atoms with Gasteiger partial charge in [0.25, 0.3) is 0 Å². The zero-order chi connectivity index (χ0) is 13.7. The molecule has 0 unspecified atom stereocenters. The highest BCUT2D eigenvalue weighted by Crippen LogP contribution is 2.10. The molecule has 0 saturated heterocycles. The quantitative estimate of drug-likeness (QED) is 0.871. The number of hydrogen-bond donors (Lipinski definition) is 1. The number of benzene rings is 1. The van der Waals surface area contributed by atoms with Gasteiger partial charge in [0.05, 0.1) is 6.20 Å². The van der Waals surface area contributed by atoms with E-state index in [9.17, 15) is 4.79 Å². The van der Waals surface area contributed by atoms with Crippen molar-refractivity contribution in [1.82, 2.24) is 15.1 Å². The van der Waals surface area contributed by atoms with Crippen molar-refractivity contribution >= 4 is 23.6 Å². The molecule has 0 atom stereocenters. The van der Waals surface area contributed by atoms with E-state index in [2.05, 4.69) is 10.4 Å². The molecule has 0 aliphatic carbocycles. The van der Waals surface area contributed by atoms with E-state index in [1.54, 1.807) is 23.0 Å². The molecule has 0 bridgehead atoms. The van der Waals surface area contributed by atoms with Crippen molar-refractivity contribution in [3.05, 3.63) is 58.9 Å². The van der Waals surface area contributed by atoms with Crippen LogP contribution in [0.4, 0.5) is 0 Å². The lowest BCUT2D eigenvalue weighted by atomic mass is 10.2. The van der Waals surface area contributed by atoms with Crippen LogP contribution in [0.3, 0.4) is 0 Å². The van der Waals surface area contributed by atoms with Gasteiger partial charge in [-0.3, -0.25) is 9.48 Å². The Kier molecular flexibility index (Phi) is 4.36. The molecule has 0 aliphatic heterocycles. The van der Waals surface area contributed by atoms with Crippen LogP contribution in [0.5, 0.6) is 0 Å². The molecule has 1 aromatic heterocycles. The highest BCUT2D eigenvalue weighted by Gasteiger charge is 1.98. The van der Waals surface area contributed by atoms with Crippen molar-refractivity contribution in [3.8, 4) is 0 Å². The maximum atomic E-state index is 11.6. The average molecular weight is 276 g/mol. The number of carbonyl (C=O) groups excluding carboxylic acids is 1. The number of halogens is 1. The molecule has 0 fully saturated rings. The van der Waals surface area contributed by atoms with E-state index in [4.69, 9.17) is 11.6 Å². The second-order valence-corrected chi connectivity index (χ2v) is 4.56. The van der Waals surface area contributed by atoms with Gasteiger partial charge in [0.1, 0.15) is 0 Å². The van der Waals surface area contributed by atoms with Crippen LogP contribution in [-0.2, 0) is 18.4 Å². The fraction of sp³-hybridized carbons (Fsp3) is 0.143. The van der Waals surface area contributed by atoms with Gasteiger partial charge in [-0.25, -0.2) is 0 Å². The van der Waals surface area contributed by atoms with Crippen LogP contribution in [0.15, 0.2) is 42.7 Å². The van der Waals surface area contributed by atoms with Crippen molar-refractivity contribution in [2.45, 2.75) is 6.54 Å². The summed E-state index contributed by atoms with van der Waals surface area (Å²) in [5, 5.41) is 7.47. The smallest absolute Gasteiger partial charge is 0.244 e. The van der Waals surface area contributed by atoms with Crippen molar-refractivity contribution in [1.29, 1.82) is 0 Å². The van der Waals surface area contributed by atoms with E-state index < -0.39 is 0 Å². The maximum Gasteiger partial charge on any atom is 0.244 e. The standard InChI is InChI=1S/C14H14ClN3O/c1-18-10-12(9-17-18)5-6-14(19)16-8-11-3-2-4-13(15)7-11/h2-7,9-10H,8H2,1H3,(H,16,19)/b6-5+. The van der Waals surface area contributed by atoms with Crippen molar-refractivity contribution < 1.29 is 4.79 Å².